The monoisotopic (exact) mass is 127 g/mol. The van der Waals surface area contributed by atoms with Crippen molar-refractivity contribution in [1.82, 2.24) is 5.32 Å². The van der Waals surface area contributed by atoms with Crippen molar-refractivity contribution in [2.75, 3.05) is 7.05 Å². The van der Waals surface area contributed by atoms with Crippen molar-refractivity contribution in [3.63, 3.8) is 0 Å². The summed E-state index contributed by atoms with van der Waals surface area (Å²) in [7, 11) is 1.59. The molecule has 0 aromatic rings. The fraction of sp³-hybridized carbons (Fsp3) is 0.333. The summed E-state index contributed by atoms with van der Waals surface area (Å²) in [6, 6.07) is 0. The third-order valence-corrected chi connectivity index (χ3v) is 0.774. The maximum Gasteiger partial charge on any atom is 0.166 e. The Morgan fingerprint density at radius 2 is 2.11 bits per heavy atom. The van der Waals surface area contributed by atoms with Crippen LogP contribution >= 0.6 is 0 Å². The molecule has 3 nitrogen and oxygen atoms in total. The molecule has 0 rings (SSSR count). The number of carbonyl (C=O) groups excluding carboxylic acids is 2. The number of ketones is 1. The molecule has 0 aliphatic heterocycles. The van der Waals surface area contributed by atoms with E-state index in [0.29, 0.717) is 12.0 Å². The molecule has 50 valence electrons. The number of rotatable bonds is 3. The first-order valence-electron chi connectivity index (χ1n) is 2.56. The first-order valence-corrected chi connectivity index (χ1v) is 2.56. The van der Waals surface area contributed by atoms with Crippen molar-refractivity contribution in [2.45, 2.75) is 6.92 Å². The highest BCUT2D eigenvalue weighted by Gasteiger charge is 1.90. The fourth-order valence-electron chi connectivity index (χ4n) is 0.384. The molecule has 0 aliphatic carbocycles. The first-order chi connectivity index (χ1) is 4.20. The van der Waals surface area contributed by atoms with Crippen molar-refractivity contribution in [2.24, 2.45) is 0 Å². The Morgan fingerprint density at radius 1 is 1.56 bits per heavy atom. The van der Waals surface area contributed by atoms with Crippen LogP contribution in [0.4, 0.5) is 0 Å². The molecule has 3 heteroatoms. The molecule has 0 fully saturated rings. The third-order valence-electron chi connectivity index (χ3n) is 0.774. The van der Waals surface area contributed by atoms with Gasteiger partial charge in [0.15, 0.2) is 12.1 Å². The van der Waals surface area contributed by atoms with E-state index >= 15 is 0 Å². The van der Waals surface area contributed by atoms with E-state index in [2.05, 4.69) is 5.32 Å². The van der Waals surface area contributed by atoms with Gasteiger partial charge in [-0.15, -0.1) is 0 Å². The summed E-state index contributed by atoms with van der Waals surface area (Å²) in [4.78, 5) is 20.3. The smallest absolute Gasteiger partial charge is 0.166 e. The zero-order valence-electron chi connectivity index (χ0n) is 5.47. The van der Waals surface area contributed by atoms with Crippen LogP contribution in [0.25, 0.3) is 0 Å². The van der Waals surface area contributed by atoms with Crippen LogP contribution in [-0.4, -0.2) is 19.1 Å². The summed E-state index contributed by atoms with van der Waals surface area (Å²) < 4.78 is 0. The topological polar surface area (TPSA) is 46.2 Å². The SMILES string of the molecule is CN/C(C=O)=C/C(C)=O. The number of allylic oxidation sites excluding steroid dienone is 2. The number of hydrogen-bond acceptors (Lipinski definition) is 3. The number of carbonyl (C=O) groups is 2. The van der Waals surface area contributed by atoms with Crippen molar-refractivity contribution in [1.29, 1.82) is 0 Å². The van der Waals surface area contributed by atoms with Crippen LogP contribution in [0.15, 0.2) is 11.8 Å². The number of likely N-dealkylation sites (N-methyl/N-ethyl adjacent to an activating group) is 1. The van der Waals surface area contributed by atoms with Gasteiger partial charge in [0.1, 0.15) is 0 Å². The standard InChI is InChI=1S/C6H9NO2/c1-5(9)3-6(4-8)7-2/h3-4,7H,1-2H3/b6-3+. The normalized spacial score (nSPS) is 10.7. The predicted molar refractivity (Wildman–Crippen MR) is 33.9 cm³/mol. The van der Waals surface area contributed by atoms with Crippen molar-refractivity contribution >= 4 is 12.1 Å². The van der Waals surface area contributed by atoms with E-state index in [1.807, 2.05) is 0 Å². The predicted octanol–water partition coefficient (Wildman–Crippen LogP) is -0.122. The molecule has 0 amide bonds. The molecule has 0 aromatic carbocycles. The highest BCUT2D eigenvalue weighted by Crippen LogP contribution is 1.81. The second-order valence-corrected chi connectivity index (χ2v) is 1.58. The molecule has 9 heavy (non-hydrogen) atoms. The van der Waals surface area contributed by atoms with Gasteiger partial charge in [-0.25, -0.2) is 0 Å². The quantitative estimate of drug-likeness (QED) is 0.424. The maximum atomic E-state index is 10.3. The van der Waals surface area contributed by atoms with Crippen LogP contribution in [0.5, 0.6) is 0 Å². The van der Waals surface area contributed by atoms with Gasteiger partial charge in [0, 0.05) is 13.1 Å². The summed E-state index contributed by atoms with van der Waals surface area (Å²) in [6.45, 7) is 1.39. The average molecular weight is 127 g/mol. The van der Waals surface area contributed by atoms with Gasteiger partial charge < -0.3 is 5.32 Å². The maximum absolute atomic E-state index is 10.3. The third kappa shape index (κ3) is 3.46. The van der Waals surface area contributed by atoms with E-state index in [1.54, 1.807) is 7.05 Å². The number of hydrogen-bond donors (Lipinski definition) is 1. The molecule has 0 aromatic heterocycles. The second-order valence-electron chi connectivity index (χ2n) is 1.58. The van der Waals surface area contributed by atoms with Crippen LogP contribution in [0.2, 0.25) is 0 Å². The largest absolute Gasteiger partial charge is 0.385 e. The van der Waals surface area contributed by atoms with Gasteiger partial charge in [0.05, 0.1) is 5.70 Å². The Bertz CT molecular complexity index is 149. The van der Waals surface area contributed by atoms with Gasteiger partial charge in [-0.3, -0.25) is 9.59 Å². The molecule has 0 heterocycles. The Balaban J connectivity index is 4.07. The molecule has 0 atom stereocenters. The minimum absolute atomic E-state index is 0.133. The van der Waals surface area contributed by atoms with E-state index in [0.717, 1.165) is 0 Å². The zero-order valence-corrected chi connectivity index (χ0v) is 5.47. The molecule has 0 spiro atoms. The van der Waals surface area contributed by atoms with E-state index in [1.165, 1.54) is 13.0 Å². The molecule has 0 unspecified atom stereocenters. The Hall–Kier alpha value is -1.12. The zero-order chi connectivity index (χ0) is 7.28. The molecule has 0 aliphatic rings. The Morgan fingerprint density at radius 3 is 2.22 bits per heavy atom. The highest BCUT2D eigenvalue weighted by atomic mass is 16.1. The van der Waals surface area contributed by atoms with Gasteiger partial charge in [0.2, 0.25) is 0 Å². The summed E-state index contributed by atoms with van der Waals surface area (Å²) >= 11 is 0. The molecule has 0 saturated carbocycles. The lowest BCUT2D eigenvalue weighted by atomic mass is 10.3. The van der Waals surface area contributed by atoms with Crippen LogP contribution in [0, 0.1) is 0 Å². The first kappa shape index (κ1) is 7.88. The minimum Gasteiger partial charge on any atom is -0.385 e. The minimum atomic E-state index is -0.133. The molecule has 0 saturated heterocycles. The molecule has 1 N–H and O–H groups in total. The fourth-order valence-corrected chi connectivity index (χ4v) is 0.384. The average Bonchev–Trinajstić information content (AvgIpc) is 1.82. The van der Waals surface area contributed by atoms with Gasteiger partial charge in [-0.2, -0.15) is 0 Å². The van der Waals surface area contributed by atoms with Gasteiger partial charge in [0.25, 0.3) is 0 Å². The van der Waals surface area contributed by atoms with Crippen molar-refractivity contribution < 1.29 is 9.59 Å². The van der Waals surface area contributed by atoms with Crippen LogP contribution in [0.3, 0.4) is 0 Å². The van der Waals surface area contributed by atoms with Crippen molar-refractivity contribution in [3.8, 4) is 0 Å². The lowest BCUT2D eigenvalue weighted by Crippen LogP contribution is -2.08. The number of aldehydes is 1. The molecule has 0 bridgehead atoms. The molecule has 0 radical (unpaired) electrons. The number of nitrogens with one attached hydrogen (secondary N) is 1. The lowest BCUT2D eigenvalue weighted by molar-refractivity contribution is -0.113. The van der Waals surface area contributed by atoms with Crippen LogP contribution in [-0.2, 0) is 9.59 Å². The lowest BCUT2D eigenvalue weighted by Gasteiger charge is -1.92. The van der Waals surface area contributed by atoms with Crippen molar-refractivity contribution in [3.05, 3.63) is 11.8 Å². The Kier molecular flexibility index (Phi) is 3.35. The summed E-state index contributed by atoms with van der Waals surface area (Å²) in [5.74, 6) is -0.133. The van der Waals surface area contributed by atoms with E-state index in [9.17, 15) is 9.59 Å². The summed E-state index contributed by atoms with van der Waals surface area (Å²) in [6.07, 6.45) is 1.84. The van der Waals surface area contributed by atoms with E-state index < -0.39 is 0 Å². The van der Waals surface area contributed by atoms with E-state index in [-0.39, 0.29) is 5.78 Å². The van der Waals surface area contributed by atoms with Gasteiger partial charge in [-0.1, -0.05) is 0 Å². The molecular formula is C6H9NO2. The van der Waals surface area contributed by atoms with Gasteiger partial charge in [-0.05, 0) is 6.92 Å². The van der Waals surface area contributed by atoms with Crippen LogP contribution in [0.1, 0.15) is 6.92 Å². The summed E-state index contributed by atoms with van der Waals surface area (Å²) in [5.41, 5.74) is 0.308. The summed E-state index contributed by atoms with van der Waals surface area (Å²) in [5, 5.41) is 2.56. The highest BCUT2D eigenvalue weighted by molar-refractivity contribution is 5.92. The molecular weight excluding hydrogens is 118 g/mol. The van der Waals surface area contributed by atoms with Gasteiger partial charge >= 0.3 is 0 Å². The van der Waals surface area contributed by atoms with E-state index in [4.69, 9.17) is 0 Å². The Labute approximate surface area is 53.7 Å². The second kappa shape index (κ2) is 3.83. The van der Waals surface area contributed by atoms with Crippen LogP contribution < -0.4 is 5.32 Å².